The van der Waals surface area contributed by atoms with Gasteiger partial charge in [0.15, 0.2) is 0 Å². The molecule has 0 fully saturated rings. The van der Waals surface area contributed by atoms with E-state index in [0.29, 0.717) is 18.6 Å². The van der Waals surface area contributed by atoms with Crippen molar-refractivity contribution in [2.75, 3.05) is 13.2 Å². The molecule has 1 unspecified atom stereocenters. The van der Waals surface area contributed by atoms with Gasteiger partial charge in [-0.15, -0.1) is 0 Å². The molecule has 0 heterocycles. The Labute approximate surface area is 125 Å². The van der Waals surface area contributed by atoms with E-state index in [9.17, 15) is 13.2 Å². The lowest BCUT2D eigenvalue weighted by atomic mass is 10.1. The number of sulfonamides is 1. The zero-order valence-electron chi connectivity index (χ0n) is 12.4. The van der Waals surface area contributed by atoms with Gasteiger partial charge >= 0.3 is 5.97 Å². The summed E-state index contributed by atoms with van der Waals surface area (Å²) in [6.45, 7) is 6.04. The fraction of sp³-hybridized carbons (Fsp3) is 0.500. The van der Waals surface area contributed by atoms with Gasteiger partial charge in [0.25, 0.3) is 0 Å². The molecule has 1 aromatic carbocycles. The number of aromatic carboxylic acids is 1. The quantitative estimate of drug-likeness (QED) is 0.761. The molecule has 21 heavy (non-hydrogen) atoms. The summed E-state index contributed by atoms with van der Waals surface area (Å²) in [6.07, 6.45) is 0.245. The predicted molar refractivity (Wildman–Crippen MR) is 79.1 cm³/mol. The van der Waals surface area contributed by atoms with Gasteiger partial charge in [0.1, 0.15) is 0 Å². The second kappa shape index (κ2) is 7.53. The van der Waals surface area contributed by atoms with Crippen LogP contribution in [0.15, 0.2) is 23.1 Å². The molecule has 0 radical (unpaired) electrons. The van der Waals surface area contributed by atoms with E-state index in [1.165, 1.54) is 18.2 Å². The molecule has 0 aliphatic rings. The number of hydrogen-bond acceptors (Lipinski definition) is 4. The van der Waals surface area contributed by atoms with Crippen LogP contribution in [0, 0.1) is 0 Å². The van der Waals surface area contributed by atoms with Gasteiger partial charge in [0, 0.05) is 13.2 Å². The second-order valence-electron chi connectivity index (χ2n) is 4.60. The van der Waals surface area contributed by atoms with Crippen LogP contribution in [-0.4, -0.2) is 38.7 Å². The van der Waals surface area contributed by atoms with Crippen molar-refractivity contribution in [3.8, 4) is 0 Å². The third-order valence-corrected chi connectivity index (χ3v) is 4.50. The first kappa shape index (κ1) is 17.6. The maximum absolute atomic E-state index is 12.3. The number of rotatable bonds is 8. The summed E-state index contributed by atoms with van der Waals surface area (Å²) < 4.78 is 32.4. The van der Waals surface area contributed by atoms with Crippen LogP contribution in [0.4, 0.5) is 0 Å². The Kier molecular flexibility index (Phi) is 6.32. The van der Waals surface area contributed by atoms with Gasteiger partial charge in [-0.2, -0.15) is 0 Å². The number of hydrogen-bond donors (Lipinski definition) is 2. The standard InChI is InChI=1S/C14H21NO5S/c1-4-11-6-7-12(14(16)17)8-13(11)21(18,19)15-9-10(3)20-5-2/h6-8,10,15H,4-5,9H2,1-3H3,(H,16,17). The number of carboxylic acid groups (broad SMARTS) is 1. The number of benzene rings is 1. The number of aryl methyl sites for hydroxylation is 1. The Hall–Kier alpha value is -1.44. The Balaban J connectivity index is 3.05. The molecule has 0 aliphatic heterocycles. The molecule has 118 valence electrons. The highest BCUT2D eigenvalue weighted by atomic mass is 32.2. The number of nitrogens with one attached hydrogen (secondary N) is 1. The zero-order valence-corrected chi connectivity index (χ0v) is 13.2. The highest BCUT2D eigenvalue weighted by Crippen LogP contribution is 2.18. The predicted octanol–water partition coefficient (Wildman–Crippen LogP) is 1.65. The van der Waals surface area contributed by atoms with Crippen molar-refractivity contribution in [3.63, 3.8) is 0 Å². The summed E-state index contributed by atoms with van der Waals surface area (Å²) in [5, 5.41) is 8.99. The Bertz CT molecular complexity index is 597. The van der Waals surface area contributed by atoms with Crippen molar-refractivity contribution in [3.05, 3.63) is 29.3 Å². The summed E-state index contributed by atoms with van der Waals surface area (Å²) in [4.78, 5) is 11.0. The van der Waals surface area contributed by atoms with Crippen LogP contribution in [0.25, 0.3) is 0 Å². The highest BCUT2D eigenvalue weighted by molar-refractivity contribution is 7.89. The van der Waals surface area contributed by atoms with E-state index in [1.54, 1.807) is 6.92 Å². The number of ether oxygens (including phenoxy) is 1. The van der Waals surface area contributed by atoms with Crippen LogP contribution >= 0.6 is 0 Å². The van der Waals surface area contributed by atoms with Crippen molar-refractivity contribution in [2.24, 2.45) is 0 Å². The highest BCUT2D eigenvalue weighted by Gasteiger charge is 2.20. The lowest BCUT2D eigenvalue weighted by Gasteiger charge is -2.15. The molecule has 0 spiro atoms. The van der Waals surface area contributed by atoms with Gasteiger partial charge in [-0.1, -0.05) is 13.0 Å². The van der Waals surface area contributed by atoms with E-state index in [-0.39, 0.29) is 23.1 Å². The SMILES string of the molecule is CCOC(C)CNS(=O)(=O)c1cc(C(=O)O)ccc1CC. The van der Waals surface area contributed by atoms with Gasteiger partial charge in [-0.3, -0.25) is 0 Å². The van der Waals surface area contributed by atoms with Crippen molar-refractivity contribution in [2.45, 2.75) is 38.2 Å². The van der Waals surface area contributed by atoms with E-state index in [0.717, 1.165) is 0 Å². The van der Waals surface area contributed by atoms with E-state index in [1.807, 2.05) is 13.8 Å². The molecule has 1 aromatic rings. The second-order valence-corrected chi connectivity index (χ2v) is 6.33. The fourth-order valence-electron chi connectivity index (χ4n) is 1.88. The summed E-state index contributed by atoms with van der Waals surface area (Å²) in [6, 6.07) is 4.13. The summed E-state index contributed by atoms with van der Waals surface area (Å²) >= 11 is 0. The maximum atomic E-state index is 12.3. The van der Waals surface area contributed by atoms with E-state index in [2.05, 4.69) is 4.72 Å². The summed E-state index contributed by atoms with van der Waals surface area (Å²) in [7, 11) is -3.77. The zero-order chi connectivity index (χ0) is 16.0. The molecule has 1 atom stereocenters. The first-order valence-electron chi connectivity index (χ1n) is 6.79. The van der Waals surface area contributed by atoms with Gasteiger partial charge in [-0.25, -0.2) is 17.9 Å². The molecule has 1 rings (SSSR count). The minimum atomic E-state index is -3.77. The van der Waals surface area contributed by atoms with Crippen LogP contribution in [0.3, 0.4) is 0 Å². The smallest absolute Gasteiger partial charge is 0.335 e. The number of carbonyl (C=O) groups is 1. The summed E-state index contributed by atoms with van der Waals surface area (Å²) in [5.41, 5.74) is 0.530. The Morgan fingerprint density at radius 3 is 2.57 bits per heavy atom. The molecule has 0 bridgehead atoms. The van der Waals surface area contributed by atoms with Gasteiger partial charge < -0.3 is 9.84 Å². The van der Waals surface area contributed by atoms with Gasteiger partial charge in [0.2, 0.25) is 10.0 Å². The van der Waals surface area contributed by atoms with Crippen molar-refractivity contribution in [1.82, 2.24) is 4.72 Å². The lowest BCUT2D eigenvalue weighted by molar-refractivity contribution is 0.0696. The average Bonchev–Trinajstić information content (AvgIpc) is 2.44. The Morgan fingerprint density at radius 1 is 1.38 bits per heavy atom. The average molecular weight is 315 g/mol. The molecule has 7 heteroatoms. The molecular formula is C14H21NO5S. The molecule has 0 amide bonds. The molecule has 0 saturated heterocycles. The largest absolute Gasteiger partial charge is 0.478 e. The van der Waals surface area contributed by atoms with E-state index < -0.39 is 16.0 Å². The van der Waals surface area contributed by atoms with Gasteiger partial charge in [-0.05, 0) is 38.0 Å². The van der Waals surface area contributed by atoms with Crippen LogP contribution in [0.1, 0.15) is 36.7 Å². The van der Waals surface area contributed by atoms with Crippen molar-refractivity contribution >= 4 is 16.0 Å². The van der Waals surface area contributed by atoms with E-state index in [4.69, 9.17) is 9.84 Å². The normalized spacial score (nSPS) is 13.1. The fourth-order valence-corrected chi connectivity index (χ4v) is 3.33. The van der Waals surface area contributed by atoms with Crippen molar-refractivity contribution < 1.29 is 23.1 Å². The molecular weight excluding hydrogens is 294 g/mol. The third-order valence-electron chi connectivity index (χ3n) is 3.00. The maximum Gasteiger partial charge on any atom is 0.335 e. The van der Waals surface area contributed by atoms with Crippen LogP contribution in [0.2, 0.25) is 0 Å². The Morgan fingerprint density at radius 2 is 2.05 bits per heavy atom. The first-order valence-corrected chi connectivity index (χ1v) is 8.27. The van der Waals surface area contributed by atoms with Crippen LogP contribution in [-0.2, 0) is 21.2 Å². The molecule has 0 aliphatic carbocycles. The minimum Gasteiger partial charge on any atom is -0.478 e. The lowest BCUT2D eigenvalue weighted by Crippen LogP contribution is -2.32. The molecule has 0 saturated carbocycles. The minimum absolute atomic E-state index is 0.00796. The molecule has 0 aromatic heterocycles. The van der Waals surface area contributed by atoms with Gasteiger partial charge in [0.05, 0.1) is 16.6 Å². The third kappa shape index (κ3) is 4.80. The molecule has 2 N–H and O–H groups in total. The van der Waals surface area contributed by atoms with E-state index >= 15 is 0 Å². The van der Waals surface area contributed by atoms with Crippen molar-refractivity contribution in [1.29, 1.82) is 0 Å². The molecule has 6 nitrogen and oxygen atoms in total. The summed E-state index contributed by atoms with van der Waals surface area (Å²) in [5.74, 6) is -1.16. The monoisotopic (exact) mass is 315 g/mol. The van der Waals surface area contributed by atoms with Crippen LogP contribution in [0.5, 0.6) is 0 Å². The topological polar surface area (TPSA) is 92.7 Å². The number of carboxylic acids is 1. The first-order chi connectivity index (χ1) is 9.81. The van der Waals surface area contributed by atoms with Crippen LogP contribution < -0.4 is 4.72 Å².